The number of pyridine rings is 1. The third-order valence-corrected chi connectivity index (χ3v) is 6.00. The number of aromatic amines is 1. The fourth-order valence-electron chi connectivity index (χ4n) is 4.28. The highest BCUT2D eigenvalue weighted by molar-refractivity contribution is 6.03. The maximum Gasteiger partial charge on any atom is 0.275 e. The number of aromatic nitrogens is 5. The van der Waals surface area contributed by atoms with Crippen molar-refractivity contribution in [3.8, 4) is 5.69 Å². The van der Waals surface area contributed by atoms with Crippen LogP contribution in [0, 0.1) is 0 Å². The minimum Gasteiger partial charge on any atom is -0.380 e. The van der Waals surface area contributed by atoms with Gasteiger partial charge in [-0.05, 0) is 48.9 Å². The van der Waals surface area contributed by atoms with Crippen LogP contribution in [-0.4, -0.2) is 54.8 Å². The molecule has 1 aromatic carbocycles. The Hall–Kier alpha value is -4.80. The van der Waals surface area contributed by atoms with Crippen molar-refractivity contribution in [3.63, 3.8) is 0 Å². The second kappa shape index (κ2) is 8.86. The molecule has 1 unspecified atom stereocenters. The summed E-state index contributed by atoms with van der Waals surface area (Å²) < 4.78 is 1.56. The first-order valence-corrected chi connectivity index (χ1v) is 11.0. The Labute approximate surface area is 199 Å². The molecule has 0 bridgehead atoms. The third kappa shape index (κ3) is 4.03. The predicted octanol–water partition coefficient (Wildman–Crippen LogP) is 1.84. The molecular formula is C24H22N8O3. The summed E-state index contributed by atoms with van der Waals surface area (Å²) in [6.07, 6.45) is 3.52. The van der Waals surface area contributed by atoms with E-state index in [-0.39, 0.29) is 23.6 Å². The molecule has 3 aromatic heterocycles. The molecule has 4 aromatic rings. The number of amides is 2. The summed E-state index contributed by atoms with van der Waals surface area (Å²) in [6.45, 7) is 4.51. The fourth-order valence-corrected chi connectivity index (χ4v) is 4.28. The quantitative estimate of drug-likeness (QED) is 0.376. The molecule has 11 heteroatoms. The number of nitrogens with zero attached hydrogens (tertiary/aromatic N) is 5. The van der Waals surface area contributed by atoms with Crippen molar-refractivity contribution in [3.05, 3.63) is 82.9 Å². The van der Waals surface area contributed by atoms with Crippen LogP contribution in [0.5, 0.6) is 0 Å². The average Bonchev–Trinajstić information content (AvgIpc) is 3.53. The van der Waals surface area contributed by atoms with Crippen molar-refractivity contribution in [1.29, 1.82) is 0 Å². The molecule has 1 aliphatic heterocycles. The lowest BCUT2D eigenvalue weighted by Crippen LogP contribution is -2.26. The Kier molecular flexibility index (Phi) is 5.57. The van der Waals surface area contributed by atoms with Gasteiger partial charge in [0.1, 0.15) is 11.3 Å². The Balaban J connectivity index is 1.51. The fraction of sp³-hybridized carbons (Fsp3) is 0.167. The van der Waals surface area contributed by atoms with Crippen LogP contribution in [0.1, 0.15) is 28.4 Å². The summed E-state index contributed by atoms with van der Waals surface area (Å²) in [4.78, 5) is 43.2. The summed E-state index contributed by atoms with van der Waals surface area (Å²) in [6, 6.07) is 12.0. The number of anilines is 2. The topological polar surface area (TPSA) is 152 Å². The number of likely N-dealkylation sites (tertiary alicyclic amines) is 1. The van der Waals surface area contributed by atoms with Crippen LogP contribution in [0.3, 0.4) is 0 Å². The van der Waals surface area contributed by atoms with Crippen LogP contribution >= 0.6 is 0 Å². The van der Waals surface area contributed by atoms with Crippen molar-refractivity contribution in [2.45, 2.75) is 12.3 Å². The number of rotatable bonds is 5. The molecule has 4 heterocycles. The van der Waals surface area contributed by atoms with Crippen molar-refractivity contribution < 1.29 is 9.59 Å². The average molecular weight is 470 g/mol. The molecule has 1 saturated heterocycles. The molecule has 176 valence electrons. The SMILES string of the molecule is C=CC(=O)N1CCC(c2nn(-c3ccc(C(=O)Nc4ccccn4)cc3)c3c(N)n[nH]c(=O)c23)C1. The summed E-state index contributed by atoms with van der Waals surface area (Å²) in [7, 11) is 0. The zero-order valence-corrected chi connectivity index (χ0v) is 18.6. The molecule has 0 aliphatic carbocycles. The predicted molar refractivity (Wildman–Crippen MR) is 130 cm³/mol. The molecule has 0 radical (unpaired) electrons. The number of carbonyl (C=O) groups excluding carboxylic acids is 2. The summed E-state index contributed by atoms with van der Waals surface area (Å²) in [5.41, 5.74) is 7.69. The van der Waals surface area contributed by atoms with E-state index in [0.717, 1.165) is 0 Å². The molecule has 5 rings (SSSR count). The first-order chi connectivity index (χ1) is 17.0. The van der Waals surface area contributed by atoms with Crippen LogP contribution in [0.25, 0.3) is 16.6 Å². The van der Waals surface area contributed by atoms with Gasteiger partial charge in [0.25, 0.3) is 11.5 Å². The highest BCUT2D eigenvalue weighted by atomic mass is 16.2. The van der Waals surface area contributed by atoms with E-state index in [1.807, 2.05) is 0 Å². The third-order valence-electron chi connectivity index (χ3n) is 6.00. The van der Waals surface area contributed by atoms with E-state index in [9.17, 15) is 14.4 Å². The molecule has 0 spiro atoms. The summed E-state index contributed by atoms with van der Waals surface area (Å²) in [5.74, 6) is -0.0491. The number of nitrogens with one attached hydrogen (secondary N) is 2. The van der Waals surface area contributed by atoms with Crippen LogP contribution in [-0.2, 0) is 4.79 Å². The lowest BCUT2D eigenvalue weighted by Gasteiger charge is -2.13. The van der Waals surface area contributed by atoms with Crippen molar-refractivity contribution in [2.24, 2.45) is 0 Å². The molecule has 4 N–H and O–H groups in total. The van der Waals surface area contributed by atoms with Crippen LogP contribution in [0.4, 0.5) is 11.6 Å². The second-order valence-electron chi connectivity index (χ2n) is 8.15. The van der Waals surface area contributed by atoms with Gasteiger partial charge < -0.3 is 16.0 Å². The van der Waals surface area contributed by atoms with Gasteiger partial charge in [-0.3, -0.25) is 14.4 Å². The molecule has 1 fully saturated rings. The normalized spacial score (nSPS) is 15.3. The van der Waals surface area contributed by atoms with Crippen LogP contribution in [0.15, 0.2) is 66.1 Å². The van der Waals surface area contributed by atoms with Gasteiger partial charge in [-0.25, -0.2) is 14.8 Å². The Bertz CT molecular complexity index is 1490. The van der Waals surface area contributed by atoms with Crippen molar-refractivity contribution >= 4 is 34.4 Å². The van der Waals surface area contributed by atoms with Gasteiger partial charge in [0, 0.05) is 30.8 Å². The largest absolute Gasteiger partial charge is 0.380 e. The first kappa shape index (κ1) is 22.0. The highest BCUT2D eigenvalue weighted by Gasteiger charge is 2.31. The molecule has 2 amide bonds. The maximum absolute atomic E-state index is 12.8. The van der Waals surface area contributed by atoms with Crippen molar-refractivity contribution in [2.75, 3.05) is 24.1 Å². The standard InChI is InChI=1S/C24H22N8O3/c1-2-18(33)31-12-10-15(13-31)20-19-21(22(25)28-29-24(19)35)32(30-20)16-8-6-14(7-9-16)23(34)27-17-5-3-4-11-26-17/h2-9,11,15H,1,10,12-13H2,(H2,25,28)(H,29,35)(H,26,27,34). The Morgan fingerprint density at radius 2 is 2.00 bits per heavy atom. The smallest absolute Gasteiger partial charge is 0.275 e. The lowest BCUT2D eigenvalue weighted by atomic mass is 10.0. The van der Waals surface area contributed by atoms with Crippen molar-refractivity contribution in [1.82, 2.24) is 29.9 Å². The maximum atomic E-state index is 12.8. The number of H-pyrrole nitrogens is 1. The Morgan fingerprint density at radius 3 is 2.71 bits per heavy atom. The number of nitrogens with two attached hydrogens (primary N) is 1. The molecule has 1 atom stereocenters. The number of hydrogen-bond donors (Lipinski definition) is 3. The minimum atomic E-state index is -0.407. The number of fused-ring (bicyclic) bond motifs is 1. The van der Waals surface area contributed by atoms with Gasteiger partial charge in [0.05, 0.1) is 16.8 Å². The van der Waals surface area contributed by atoms with Gasteiger partial charge in [-0.1, -0.05) is 12.6 Å². The first-order valence-electron chi connectivity index (χ1n) is 11.0. The molecule has 1 aliphatic rings. The molecular weight excluding hydrogens is 448 g/mol. The van der Waals surface area contributed by atoms with Gasteiger partial charge in [-0.15, -0.1) is 0 Å². The van der Waals surface area contributed by atoms with Gasteiger partial charge in [-0.2, -0.15) is 10.2 Å². The Morgan fingerprint density at radius 1 is 1.20 bits per heavy atom. The van der Waals surface area contributed by atoms with E-state index >= 15 is 0 Å². The van der Waals surface area contributed by atoms with Gasteiger partial charge >= 0.3 is 0 Å². The number of nitrogen functional groups attached to an aromatic ring is 1. The second-order valence-corrected chi connectivity index (χ2v) is 8.15. The number of carbonyl (C=O) groups is 2. The number of benzene rings is 1. The van der Waals surface area contributed by atoms with E-state index in [2.05, 4.69) is 27.1 Å². The molecule has 0 saturated carbocycles. The zero-order chi connectivity index (χ0) is 24.5. The zero-order valence-electron chi connectivity index (χ0n) is 18.6. The monoisotopic (exact) mass is 470 g/mol. The summed E-state index contributed by atoms with van der Waals surface area (Å²) in [5, 5.41) is 14.1. The van der Waals surface area contributed by atoms with E-state index in [0.29, 0.717) is 53.2 Å². The van der Waals surface area contributed by atoms with Crippen LogP contribution < -0.4 is 16.6 Å². The van der Waals surface area contributed by atoms with Gasteiger partial charge in [0.15, 0.2) is 5.82 Å². The van der Waals surface area contributed by atoms with E-state index < -0.39 is 5.56 Å². The highest BCUT2D eigenvalue weighted by Crippen LogP contribution is 2.33. The summed E-state index contributed by atoms with van der Waals surface area (Å²) >= 11 is 0. The minimum absolute atomic E-state index is 0.118. The van der Waals surface area contributed by atoms with Gasteiger partial charge in [0.2, 0.25) is 5.91 Å². The van der Waals surface area contributed by atoms with E-state index in [1.54, 1.807) is 58.2 Å². The number of hydrogen-bond acceptors (Lipinski definition) is 7. The van der Waals surface area contributed by atoms with Crippen LogP contribution in [0.2, 0.25) is 0 Å². The van der Waals surface area contributed by atoms with E-state index in [1.165, 1.54) is 6.08 Å². The lowest BCUT2D eigenvalue weighted by molar-refractivity contribution is -0.125. The molecule has 11 nitrogen and oxygen atoms in total. The molecule has 35 heavy (non-hydrogen) atoms. The van der Waals surface area contributed by atoms with E-state index in [4.69, 9.17) is 10.8 Å².